The van der Waals surface area contributed by atoms with Crippen LogP contribution < -0.4 is 10.1 Å². The second-order valence-corrected chi connectivity index (χ2v) is 5.49. The van der Waals surface area contributed by atoms with Gasteiger partial charge in [0.2, 0.25) is 11.8 Å². The number of carbonyl (C=O) groups excluding carboxylic acids is 1. The van der Waals surface area contributed by atoms with Crippen molar-refractivity contribution in [2.45, 2.75) is 32.6 Å². The molecule has 1 saturated carbocycles. The average molecular weight is 285 g/mol. The first-order chi connectivity index (χ1) is 10.2. The molecule has 2 aromatic rings. The van der Waals surface area contributed by atoms with E-state index in [0.717, 1.165) is 37.1 Å². The van der Waals surface area contributed by atoms with Gasteiger partial charge in [-0.25, -0.2) is 0 Å². The second-order valence-electron chi connectivity index (χ2n) is 5.49. The van der Waals surface area contributed by atoms with Crippen LogP contribution in [0.1, 0.15) is 31.4 Å². The third-order valence-corrected chi connectivity index (χ3v) is 3.75. The number of benzene rings is 1. The lowest BCUT2D eigenvalue weighted by atomic mass is 10.1. The van der Waals surface area contributed by atoms with Crippen molar-refractivity contribution in [1.29, 1.82) is 0 Å². The van der Waals surface area contributed by atoms with E-state index in [1.807, 2.05) is 37.3 Å². The predicted octanol–water partition coefficient (Wildman–Crippen LogP) is 3.64. The van der Waals surface area contributed by atoms with Crippen LogP contribution in [0.15, 0.2) is 30.3 Å². The van der Waals surface area contributed by atoms with Crippen LogP contribution in [-0.4, -0.2) is 16.1 Å². The quantitative estimate of drug-likeness (QED) is 0.901. The molecule has 0 unspecified atom stereocenters. The van der Waals surface area contributed by atoms with Crippen molar-refractivity contribution in [1.82, 2.24) is 10.2 Å². The zero-order valence-corrected chi connectivity index (χ0v) is 12.1. The van der Waals surface area contributed by atoms with E-state index in [1.165, 1.54) is 0 Å². The molecular weight excluding hydrogens is 266 g/mol. The van der Waals surface area contributed by atoms with Gasteiger partial charge >= 0.3 is 0 Å². The number of nitrogens with one attached hydrogen (secondary N) is 2. The van der Waals surface area contributed by atoms with Crippen molar-refractivity contribution in [3.05, 3.63) is 36.0 Å². The van der Waals surface area contributed by atoms with Crippen LogP contribution in [0, 0.1) is 12.8 Å². The van der Waals surface area contributed by atoms with E-state index in [9.17, 15) is 4.79 Å². The number of ether oxygens (including phenoxy) is 1. The summed E-state index contributed by atoms with van der Waals surface area (Å²) in [4.78, 5) is 12.0. The van der Waals surface area contributed by atoms with Gasteiger partial charge < -0.3 is 10.1 Å². The maximum Gasteiger partial charge on any atom is 0.238 e. The predicted molar refractivity (Wildman–Crippen MR) is 80.4 cm³/mol. The molecule has 1 heterocycles. The maximum absolute atomic E-state index is 12.0. The minimum atomic E-state index is 0.129. The average Bonchev–Trinajstić information content (AvgIpc) is 3.13. The number of aryl methyl sites for hydroxylation is 1. The van der Waals surface area contributed by atoms with Gasteiger partial charge in [-0.3, -0.25) is 9.89 Å². The van der Waals surface area contributed by atoms with Gasteiger partial charge in [0.25, 0.3) is 0 Å². The SMILES string of the molecule is Cc1cc(Oc2ccc(NC(=O)C3CCCC3)cc2)n[nH]1. The van der Waals surface area contributed by atoms with E-state index in [0.29, 0.717) is 11.6 Å². The smallest absolute Gasteiger partial charge is 0.238 e. The fraction of sp³-hybridized carbons (Fsp3) is 0.375. The van der Waals surface area contributed by atoms with Crippen LogP contribution >= 0.6 is 0 Å². The minimum absolute atomic E-state index is 0.129. The molecular formula is C16H19N3O2. The summed E-state index contributed by atoms with van der Waals surface area (Å²) in [7, 11) is 0. The van der Waals surface area contributed by atoms with E-state index < -0.39 is 0 Å². The number of amides is 1. The molecule has 1 aliphatic carbocycles. The molecule has 5 nitrogen and oxygen atoms in total. The Bertz CT molecular complexity index is 613. The van der Waals surface area contributed by atoms with Crippen LogP contribution in [0.4, 0.5) is 5.69 Å². The van der Waals surface area contributed by atoms with Gasteiger partial charge in [-0.2, -0.15) is 0 Å². The Kier molecular flexibility index (Phi) is 3.90. The summed E-state index contributed by atoms with van der Waals surface area (Å²) in [5.74, 6) is 1.53. The number of aromatic amines is 1. The van der Waals surface area contributed by atoms with E-state index in [1.54, 1.807) is 0 Å². The molecule has 0 aliphatic heterocycles. The molecule has 1 fully saturated rings. The van der Waals surface area contributed by atoms with Gasteiger partial charge in [0.1, 0.15) is 5.75 Å². The highest BCUT2D eigenvalue weighted by molar-refractivity contribution is 5.92. The summed E-state index contributed by atoms with van der Waals surface area (Å²) in [5.41, 5.74) is 1.75. The van der Waals surface area contributed by atoms with Crippen molar-refractivity contribution in [2.75, 3.05) is 5.32 Å². The highest BCUT2D eigenvalue weighted by atomic mass is 16.5. The molecule has 0 saturated heterocycles. The Morgan fingerprint density at radius 3 is 2.62 bits per heavy atom. The zero-order valence-electron chi connectivity index (χ0n) is 12.1. The summed E-state index contributed by atoms with van der Waals surface area (Å²) < 4.78 is 5.60. The number of hydrogen-bond donors (Lipinski definition) is 2. The molecule has 1 aromatic carbocycles. The zero-order chi connectivity index (χ0) is 14.7. The summed E-state index contributed by atoms with van der Waals surface area (Å²) in [6.45, 7) is 1.92. The lowest BCUT2D eigenvalue weighted by Crippen LogP contribution is -2.20. The largest absolute Gasteiger partial charge is 0.438 e. The fourth-order valence-corrected chi connectivity index (χ4v) is 2.60. The maximum atomic E-state index is 12.0. The summed E-state index contributed by atoms with van der Waals surface area (Å²) in [6, 6.07) is 9.18. The lowest BCUT2D eigenvalue weighted by Gasteiger charge is -2.10. The van der Waals surface area contributed by atoms with Gasteiger partial charge in [0, 0.05) is 23.4 Å². The van der Waals surface area contributed by atoms with E-state index in [4.69, 9.17) is 4.74 Å². The Morgan fingerprint density at radius 1 is 1.29 bits per heavy atom. The minimum Gasteiger partial charge on any atom is -0.438 e. The number of rotatable bonds is 4. The molecule has 0 atom stereocenters. The first-order valence-electron chi connectivity index (χ1n) is 7.31. The first-order valence-corrected chi connectivity index (χ1v) is 7.31. The molecule has 2 N–H and O–H groups in total. The van der Waals surface area contributed by atoms with Gasteiger partial charge in [-0.1, -0.05) is 12.8 Å². The molecule has 110 valence electrons. The number of nitrogens with zero attached hydrogens (tertiary/aromatic N) is 1. The molecule has 5 heteroatoms. The van der Waals surface area contributed by atoms with Gasteiger partial charge in [-0.15, -0.1) is 5.10 Å². The Morgan fingerprint density at radius 2 is 2.00 bits per heavy atom. The van der Waals surface area contributed by atoms with Crippen LogP contribution in [0.2, 0.25) is 0 Å². The number of aromatic nitrogens is 2. The van der Waals surface area contributed by atoms with Crippen molar-refractivity contribution in [3.8, 4) is 11.6 Å². The molecule has 0 bridgehead atoms. The summed E-state index contributed by atoms with van der Waals surface area (Å²) >= 11 is 0. The second kappa shape index (κ2) is 5.99. The topological polar surface area (TPSA) is 67.0 Å². The number of anilines is 1. The lowest BCUT2D eigenvalue weighted by molar-refractivity contribution is -0.119. The van der Waals surface area contributed by atoms with Crippen molar-refractivity contribution in [3.63, 3.8) is 0 Å². The monoisotopic (exact) mass is 285 g/mol. The highest BCUT2D eigenvalue weighted by Crippen LogP contribution is 2.27. The summed E-state index contributed by atoms with van der Waals surface area (Å²) in [5, 5.41) is 9.81. The van der Waals surface area contributed by atoms with Crippen LogP contribution in [0.3, 0.4) is 0 Å². The van der Waals surface area contributed by atoms with E-state index in [2.05, 4.69) is 15.5 Å². The number of hydrogen-bond acceptors (Lipinski definition) is 3. The van der Waals surface area contributed by atoms with Gasteiger partial charge in [0.15, 0.2) is 0 Å². The Labute approximate surface area is 123 Å². The Hall–Kier alpha value is -2.30. The normalized spacial score (nSPS) is 15.1. The number of H-pyrrole nitrogens is 1. The third kappa shape index (κ3) is 3.42. The van der Waals surface area contributed by atoms with Crippen molar-refractivity contribution < 1.29 is 9.53 Å². The summed E-state index contributed by atoms with van der Waals surface area (Å²) in [6.07, 6.45) is 4.33. The first kappa shape index (κ1) is 13.7. The van der Waals surface area contributed by atoms with Gasteiger partial charge in [-0.05, 0) is 44.0 Å². The molecule has 3 rings (SSSR count). The standard InChI is InChI=1S/C16H19N3O2/c1-11-10-15(19-18-11)21-14-8-6-13(7-9-14)17-16(20)12-4-2-3-5-12/h6-10,12H,2-5H2,1H3,(H,17,20)(H,18,19). The van der Waals surface area contributed by atoms with Crippen LogP contribution in [-0.2, 0) is 4.79 Å². The molecule has 0 spiro atoms. The molecule has 1 amide bonds. The van der Waals surface area contributed by atoms with E-state index in [-0.39, 0.29) is 11.8 Å². The van der Waals surface area contributed by atoms with Crippen LogP contribution in [0.25, 0.3) is 0 Å². The third-order valence-electron chi connectivity index (χ3n) is 3.75. The van der Waals surface area contributed by atoms with Gasteiger partial charge in [0.05, 0.1) is 0 Å². The van der Waals surface area contributed by atoms with Crippen LogP contribution in [0.5, 0.6) is 11.6 Å². The highest BCUT2D eigenvalue weighted by Gasteiger charge is 2.22. The van der Waals surface area contributed by atoms with Crippen molar-refractivity contribution >= 4 is 11.6 Å². The number of carbonyl (C=O) groups is 1. The molecule has 21 heavy (non-hydrogen) atoms. The fourth-order valence-electron chi connectivity index (χ4n) is 2.60. The Balaban J connectivity index is 1.59. The molecule has 1 aromatic heterocycles. The van der Waals surface area contributed by atoms with Crippen molar-refractivity contribution in [2.24, 2.45) is 5.92 Å². The molecule has 0 radical (unpaired) electrons. The molecule has 1 aliphatic rings. The van der Waals surface area contributed by atoms with E-state index >= 15 is 0 Å².